The van der Waals surface area contributed by atoms with E-state index in [2.05, 4.69) is 26.1 Å². The van der Waals surface area contributed by atoms with Gasteiger partial charge in [0.2, 0.25) is 0 Å². The topological polar surface area (TPSA) is 113 Å². The van der Waals surface area contributed by atoms with Crippen LogP contribution in [0.1, 0.15) is 62.3 Å². The lowest BCUT2D eigenvalue weighted by molar-refractivity contribution is -0.181. The van der Waals surface area contributed by atoms with Gasteiger partial charge >= 0.3 is 12.1 Å². The Morgan fingerprint density at radius 2 is 1.75 bits per heavy atom. The molecule has 0 aromatic heterocycles. The summed E-state index contributed by atoms with van der Waals surface area (Å²) in [6.07, 6.45) is -3.15. The fourth-order valence-electron chi connectivity index (χ4n) is 3.01. The van der Waals surface area contributed by atoms with E-state index >= 15 is 0 Å². The number of nitrogens with one attached hydrogen (secondary N) is 1. The Bertz CT molecular complexity index is 653. The van der Waals surface area contributed by atoms with Gasteiger partial charge in [0.1, 0.15) is 17.8 Å². The van der Waals surface area contributed by atoms with E-state index in [9.17, 15) is 14.7 Å². The predicted molar refractivity (Wildman–Crippen MR) is 123 cm³/mol. The molecule has 0 aromatic carbocycles. The lowest BCUT2D eigenvalue weighted by atomic mass is 10.0. The van der Waals surface area contributed by atoms with Gasteiger partial charge in [-0.2, -0.15) is 0 Å². The molecule has 0 radical (unpaired) electrons. The maximum absolute atomic E-state index is 12.5. The minimum absolute atomic E-state index is 0.174. The van der Waals surface area contributed by atoms with Crippen LogP contribution in [0.15, 0.2) is 0 Å². The van der Waals surface area contributed by atoms with E-state index in [4.69, 9.17) is 23.4 Å². The van der Waals surface area contributed by atoms with Crippen molar-refractivity contribution in [2.45, 2.75) is 116 Å². The first-order chi connectivity index (χ1) is 14.3. The molecule has 9 nitrogen and oxygen atoms in total. The molecule has 1 aliphatic heterocycles. The highest BCUT2D eigenvalue weighted by atomic mass is 28.4. The standard InChI is InChI=1S/C22H43NO8Si/c1-14(25)28-18(16-13-27-22(8,9)29-16)17(31-32(10,11)21(5,6)7)15(12-24)23-19(26)30-20(2,3)4/h15-18,24H,12-13H2,1-11H3,(H,23,26)/t15-,16+,17+,18+/m1/s1. The number of alkyl carbamates (subject to hydrolysis) is 1. The number of aliphatic hydroxyl groups excluding tert-OH is 1. The summed E-state index contributed by atoms with van der Waals surface area (Å²) in [6.45, 7) is 20.1. The van der Waals surface area contributed by atoms with Crippen LogP contribution in [-0.4, -0.2) is 74.4 Å². The highest BCUT2D eigenvalue weighted by Crippen LogP contribution is 2.39. The molecular formula is C22H43NO8Si. The Morgan fingerprint density at radius 3 is 2.12 bits per heavy atom. The second-order valence-corrected chi connectivity index (χ2v) is 16.0. The second kappa shape index (κ2) is 10.4. The average Bonchev–Trinajstić information content (AvgIpc) is 2.92. The van der Waals surface area contributed by atoms with E-state index in [-0.39, 0.29) is 11.6 Å². The minimum Gasteiger partial charge on any atom is -0.457 e. The van der Waals surface area contributed by atoms with Crippen molar-refractivity contribution in [3.63, 3.8) is 0 Å². The van der Waals surface area contributed by atoms with Crippen LogP contribution < -0.4 is 5.32 Å². The van der Waals surface area contributed by atoms with E-state index in [1.807, 2.05) is 13.1 Å². The maximum atomic E-state index is 12.5. The van der Waals surface area contributed by atoms with Crippen molar-refractivity contribution in [2.24, 2.45) is 0 Å². The van der Waals surface area contributed by atoms with Crippen molar-refractivity contribution < 1.29 is 38.1 Å². The van der Waals surface area contributed by atoms with Crippen molar-refractivity contribution in [1.82, 2.24) is 5.32 Å². The molecule has 2 N–H and O–H groups in total. The number of hydrogen-bond donors (Lipinski definition) is 2. The third-order valence-corrected chi connectivity index (χ3v) is 10.0. The summed E-state index contributed by atoms with van der Waals surface area (Å²) in [5, 5.41) is 12.7. The molecule has 32 heavy (non-hydrogen) atoms. The number of carbonyl (C=O) groups excluding carboxylic acids is 2. The number of carbonyl (C=O) groups is 2. The van der Waals surface area contributed by atoms with Gasteiger partial charge in [-0.05, 0) is 52.8 Å². The van der Waals surface area contributed by atoms with Gasteiger partial charge in [-0.15, -0.1) is 0 Å². The fraction of sp³-hybridized carbons (Fsp3) is 0.909. The monoisotopic (exact) mass is 477 g/mol. The van der Waals surface area contributed by atoms with Crippen LogP contribution in [-0.2, 0) is 28.2 Å². The normalized spacial score (nSPS) is 22.1. The quantitative estimate of drug-likeness (QED) is 0.404. The molecule has 4 atom stereocenters. The first-order valence-corrected chi connectivity index (χ1v) is 14.0. The molecule has 0 spiro atoms. The zero-order chi connectivity index (χ0) is 25.1. The molecule has 1 aliphatic rings. The minimum atomic E-state index is -2.44. The first-order valence-electron chi connectivity index (χ1n) is 11.1. The van der Waals surface area contributed by atoms with Crippen molar-refractivity contribution in [3.8, 4) is 0 Å². The summed E-state index contributed by atoms with van der Waals surface area (Å²) < 4.78 is 29.3. The van der Waals surface area contributed by atoms with Gasteiger partial charge in [-0.1, -0.05) is 20.8 Å². The van der Waals surface area contributed by atoms with Gasteiger partial charge in [0, 0.05) is 6.92 Å². The van der Waals surface area contributed by atoms with Gasteiger partial charge in [-0.3, -0.25) is 4.79 Å². The Kier molecular flexibility index (Phi) is 9.35. The molecule has 1 rings (SSSR count). The number of aliphatic hydroxyl groups is 1. The number of amides is 1. The fourth-order valence-corrected chi connectivity index (χ4v) is 4.34. The van der Waals surface area contributed by atoms with Crippen LogP contribution >= 0.6 is 0 Å². The van der Waals surface area contributed by atoms with E-state index < -0.39 is 62.7 Å². The van der Waals surface area contributed by atoms with Crippen LogP contribution in [0.2, 0.25) is 18.1 Å². The lowest BCUT2D eigenvalue weighted by Gasteiger charge is -2.44. The third-order valence-electron chi connectivity index (χ3n) is 5.55. The van der Waals surface area contributed by atoms with Crippen molar-refractivity contribution >= 4 is 20.4 Å². The second-order valence-electron chi connectivity index (χ2n) is 11.2. The van der Waals surface area contributed by atoms with Crippen LogP contribution in [0, 0.1) is 0 Å². The van der Waals surface area contributed by atoms with E-state index in [0.717, 1.165) is 0 Å². The van der Waals surface area contributed by atoms with Crippen LogP contribution in [0.5, 0.6) is 0 Å². The molecule has 0 bridgehead atoms. The SMILES string of the molecule is CC(=O)O[C@H]([C@@H](O[Si](C)(C)C(C)(C)C)[C@@H](CO)NC(=O)OC(C)(C)C)[C@@H]1COC(C)(C)O1. The first kappa shape index (κ1) is 28.8. The molecular weight excluding hydrogens is 434 g/mol. The molecule has 1 saturated heterocycles. The Morgan fingerprint density at radius 1 is 1.19 bits per heavy atom. The number of esters is 1. The van der Waals surface area contributed by atoms with Crippen LogP contribution in [0.4, 0.5) is 4.79 Å². The highest BCUT2D eigenvalue weighted by molar-refractivity contribution is 6.74. The maximum Gasteiger partial charge on any atom is 0.408 e. The number of hydrogen-bond acceptors (Lipinski definition) is 8. The van der Waals surface area contributed by atoms with Gasteiger partial charge in [-0.25, -0.2) is 4.79 Å². The van der Waals surface area contributed by atoms with Gasteiger partial charge in [0.05, 0.1) is 19.3 Å². The van der Waals surface area contributed by atoms with Crippen molar-refractivity contribution in [1.29, 1.82) is 0 Å². The summed E-state index contributed by atoms with van der Waals surface area (Å²) in [6, 6.07) is -0.907. The van der Waals surface area contributed by atoms with Crippen LogP contribution in [0.25, 0.3) is 0 Å². The summed E-state index contributed by atoms with van der Waals surface area (Å²) >= 11 is 0. The summed E-state index contributed by atoms with van der Waals surface area (Å²) in [5.41, 5.74) is -0.721. The molecule has 0 aromatic rings. The number of ether oxygens (including phenoxy) is 4. The zero-order valence-corrected chi connectivity index (χ0v) is 22.5. The van der Waals surface area contributed by atoms with E-state index in [1.165, 1.54) is 6.92 Å². The Hall–Kier alpha value is -1.20. The zero-order valence-electron chi connectivity index (χ0n) is 21.5. The van der Waals surface area contributed by atoms with Crippen LogP contribution in [0.3, 0.4) is 0 Å². The van der Waals surface area contributed by atoms with Gasteiger partial charge in [0.25, 0.3) is 0 Å². The average molecular weight is 478 g/mol. The molecule has 10 heteroatoms. The molecule has 1 fully saturated rings. The largest absolute Gasteiger partial charge is 0.457 e. The highest BCUT2D eigenvalue weighted by Gasteiger charge is 2.49. The van der Waals surface area contributed by atoms with Crippen molar-refractivity contribution in [2.75, 3.05) is 13.2 Å². The smallest absolute Gasteiger partial charge is 0.408 e. The third kappa shape index (κ3) is 8.62. The molecule has 188 valence electrons. The summed E-state index contributed by atoms with van der Waals surface area (Å²) in [7, 11) is -2.44. The van der Waals surface area contributed by atoms with E-state index in [1.54, 1.807) is 34.6 Å². The van der Waals surface area contributed by atoms with Crippen molar-refractivity contribution in [3.05, 3.63) is 0 Å². The molecule has 1 amide bonds. The summed E-state index contributed by atoms with van der Waals surface area (Å²) in [4.78, 5) is 24.5. The lowest BCUT2D eigenvalue weighted by Crippen LogP contribution is -2.61. The molecule has 0 aliphatic carbocycles. The summed E-state index contributed by atoms with van der Waals surface area (Å²) in [5.74, 6) is -1.39. The Labute approximate surface area is 193 Å². The molecule has 0 saturated carbocycles. The molecule has 0 unspecified atom stereocenters. The molecule has 1 heterocycles. The van der Waals surface area contributed by atoms with Gasteiger partial charge in [0.15, 0.2) is 20.2 Å². The predicted octanol–water partition coefficient (Wildman–Crippen LogP) is 3.35. The Balaban J connectivity index is 3.36. The number of rotatable bonds is 8. The van der Waals surface area contributed by atoms with Gasteiger partial charge < -0.3 is 33.8 Å². The van der Waals surface area contributed by atoms with E-state index in [0.29, 0.717) is 0 Å².